The quantitative estimate of drug-likeness (QED) is 0.672. The van der Waals surface area contributed by atoms with Gasteiger partial charge in [0.15, 0.2) is 5.82 Å². The van der Waals surface area contributed by atoms with Gasteiger partial charge < -0.3 is 4.74 Å². The molecule has 0 amide bonds. The molecule has 3 heteroatoms. The summed E-state index contributed by atoms with van der Waals surface area (Å²) >= 11 is 0. The third-order valence-corrected chi connectivity index (χ3v) is 3.28. The minimum absolute atomic E-state index is 0.656. The fourth-order valence-electron chi connectivity index (χ4n) is 2.16. The summed E-state index contributed by atoms with van der Waals surface area (Å²) in [5.74, 6) is 1.38. The van der Waals surface area contributed by atoms with Crippen LogP contribution in [0.1, 0.15) is 11.1 Å². The van der Waals surface area contributed by atoms with Crippen molar-refractivity contribution >= 4 is 11.5 Å². The van der Waals surface area contributed by atoms with Crippen molar-refractivity contribution in [2.75, 3.05) is 7.11 Å². The molecule has 0 bridgehead atoms. The molecule has 0 radical (unpaired) electrons. The Labute approximate surface area is 130 Å². The summed E-state index contributed by atoms with van der Waals surface area (Å²) in [6.45, 7) is 0. The van der Waals surface area contributed by atoms with Gasteiger partial charge in [0.25, 0.3) is 0 Å². The van der Waals surface area contributed by atoms with E-state index in [4.69, 9.17) is 9.73 Å². The van der Waals surface area contributed by atoms with E-state index in [2.05, 4.69) is 29.2 Å². The van der Waals surface area contributed by atoms with Crippen molar-refractivity contribution < 1.29 is 4.74 Å². The lowest BCUT2D eigenvalue weighted by Crippen LogP contribution is -2.02. The molecular formula is C19H16N2O. The minimum atomic E-state index is 0.656. The molecule has 108 valence electrons. The van der Waals surface area contributed by atoms with Gasteiger partial charge in [-0.05, 0) is 12.1 Å². The van der Waals surface area contributed by atoms with Crippen molar-refractivity contribution in [2.24, 2.45) is 4.99 Å². The fraction of sp³-hybridized carbons (Fsp3) is 0.0526. The summed E-state index contributed by atoms with van der Waals surface area (Å²) in [6.07, 6.45) is 1.67. The van der Waals surface area contributed by atoms with Crippen LogP contribution in [0.2, 0.25) is 0 Å². The highest BCUT2D eigenvalue weighted by atomic mass is 16.5. The second kappa shape index (κ2) is 6.68. The first-order valence-corrected chi connectivity index (χ1v) is 7.06. The highest BCUT2D eigenvalue weighted by Gasteiger charge is 2.07. The van der Waals surface area contributed by atoms with Crippen LogP contribution in [-0.4, -0.2) is 17.8 Å². The second-order valence-electron chi connectivity index (χ2n) is 4.75. The van der Waals surface area contributed by atoms with Crippen molar-refractivity contribution in [3.05, 3.63) is 90.1 Å². The molecule has 3 rings (SSSR count). The number of pyridine rings is 1. The molecule has 0 N–H and O–H groups in total. The Balaban J connectivity index is 2.06. The normalized spacial score (nSPS) is 10.0. The number of hydrogen-bond acceptors (Lipinski definition) is 3. The first-order chi connectivity index (χ1) is 10.9. The van der Waals surface area contributed by atoms with Crippen molar-refractivity contribution in [3.63, 3.8) is 0 Å². The maximum absolute atomic E-state index is 5.13. The minimum Gasteiger partial charge on any atom is -0.495 e. The zero-order valence-electron chi connectivity index (χ0n) is 12.3. The van der Waals surface area contributed by atoms with Gasteiger partial charge in [0, 0.05) is 11.1 Å². The molecule has 3 aromatic rings. The summed E-state index contributed by atoms with van der Waals surface area (Å²) in [6, 6.07) is 23.9. The number of benzene rings is 2. The van der Waals surface area contributed by atoms with E-state index in [0.29, 0.717) is 5.82 Å². The van der Waals surface area contributed by atoms with Gasteiger partial charge in [-0.2, -0.15) is 0 Å². The molecule has 0 saturated carbocycles. The smallest absolute Gasteiger partial charge is 0.152 e. The standard InChI is InChI=1S/C19H16N2O/c1-22-17-12-13-18(20-14-17)21-19(15-8-4-2-5-9-15)16-10-6-3-7-11-16/h2-14H,1H3. The Morgan fingerprint density at radius 1 is 0.818 bits per heavy atom. The van der Waals surface area contributed by atoms with Crippen molar-refractivity contribution in [1.29, 1.82) is 0 Å². The zero-order valence-corrected chi connectivity index (χ0v) is 12.3. The number of aliphatic imine (C=N–C) groups is 1. The van der Waals surface area contributed by atoms with Gasteiger partial charge in [-0.15, -0.1) is 0 Å². The molecule has 0 aliphatic carbocycles. The number of hydrogen-bond donors (Lipinski definition) is 0. The molecule has 0 saturated heterocycles. The number of ether oxygens (including phenoxy) is 1. The Kier molecular flexibility index (Phi) is 4.25. The van der Waals surface area contributed by atoms with Crippen LogP contribution in [0.4, 0.5) is 5.82 Å². The maximum atomic E-state index is 5.13. The highest BCUT2D eigenvalue weighted by Crippen LogP contribution is 2.18. The Morgan fingerprint density at radius 2 is 1.41 bits per heavy atom. The SMILES string of the molecule is COc1ccc(N=C(c2ccccc2)c2ccccc2)nc1. The van der Waals surface area contributed by atoms with E-state index in [1.807, 2.05) is 48.5 Å². The van der Waals surface area contributed by atoms with Gasteiger partial charge in [-0.1, -0.05) is 60.7 Å². The third-order valence-electron chi connectivity index (χ3n) is 3.28. The van der Waals surface area contributed by atoms with Gasteiger partial charge in [0.1, 0.15) is 5.75 Å². The monoisotopic (exact) mass is 288 g/mol. The molecule has 0 fully saturated rings. The summed E-state index contributed by atoms with van der Waals surface area (Å²) in [7, 11) is 1.62. The molecule has 1 aromatic heterocycles. The van der Waals surface area contributed by atoms with Crippen LogP contribution < -0.4 is 4.74 Å². The Morgan fingerprint density at radius 3 is 1.86 bits per heavy atom. The highest BCUT2D eigenvalue weighted by molar-refractivity contribution is 6.13. The summed E-state index contributed by atoms with van der Waals surface area (Å²) in [4.78, 5) is 9.05. The maximum Gasteiger partial charge on any atom is 0.152 e. The first kappa shape index (κ1) is 14.0. The summed E-state index contributed by atoms with van der Waals surface area (Å²) < 4.78 is 5.13. The van der Waals surface area contributed by atoms with Crippen molar-refractivity contribution in [3.8, 4) is 5.75 Å². The lowest BCUT2D eigenvalue weighted by Gasteiger charge is -2.07. The predicted octanol–water partition coefficient (Wildman–Crippen LogP) is 4.26. The number of methoxy groups -OCH3 is 1. The van der Waals surface area contributed by atoms with Crippen LogP contribution in [0.3, 0.4) is 0 Å². The number of aromatic nitrogens is 1. The molecule has 0 aliphatic rings. The van der Waals surface area contributed by atoms with E-state index in [1.54, 1.807) is 13.3 Å². The van der Waals surface area contributed by atoms with Gasteiger partial charge in [-0.3, -0.25) is 0 Å². The van der Waals surface area contributed by atoms with Crippen LogP contribution in [0.15, 0.2) is 84.0 Å². The molecule has 3 nitrogen and oxygen atoms in total. The zero-order chi connectivity index (χ0) is 15.2. The number of rotatable bonds is 4. The van der Waals surface area contributed by atoms with E-state index in [0.717, 1.165) is 22.6 Å². The third kappa shape index (κ3) is 3.20. The molecule has 2 aromatic carbocycles. The predicted molar refractivity (Wildman–Crippen MR) is 89.0 cm³/mol. The van der Waals surface area contributed by atoms with Crippen LogP contribution in [-0.2, 0) is 0 Å². The van der Waals surface area contributed by atoms with Gasteiger partial charge in [0.05, 0.1) is 19.0 Å². The molecule has 0 aliphatic heterocycles. The second-order valence-corrected chi connectivity index (χ2v) is 4.75. The lowest BCUT2D eigenvalue weighted by molar-refractivity contribution is 0.413. The van der Waals surface area contributed by atoms with Gasteiger partial charge >= 0.3 is 0 Å². The first-order valence-electron chi connectivity index (χ1n) is 7.06. The fourth-order valence-corrected chi connectivity index (χ4v) is 2.16. The summed E-state index contributed by atoms with van der Waals surface area (Å²) in [5.41, 5.74) is 3.02. The van der Waals surface area contributed by atoms with Gasteiger partial charge in [0.2, 0.25) is 0 Å². The molecule has 0 unspecified atom stereocenters. The average Bonchev–Trinajstić information content (AvgIpc) is 2.62. The Hall–Kier alpha value is -2.94. The van der Waals surface area contributed by atoms with E-state index >= 15 is 0 Å². The molecule has 0 spiro atoms. The largest absolute Gasteiger partial charge is 0.495 e. The van der Waals surface area contributed by atoms with Crippen molar-refractivity contribution in [2.45, 2.75) is 0 Å². The van der Waals surface area contributed by atoms with E-state index in [-0.39, 0.29) is 0 Å². The molecule has 1 heterocycles. The van der Waals surface area contributed by atoms with E-state index in [9.17, 15) is 0 Å². The van der Waals surface area contributed by atoms with Crippen molar-refractivity contribution in [1.82, 2.24) is 4.98 Å². The average molecular weight is 288 g/mol. The van der Waals surface area contributed by atoms with Crippen LogP contribution in [0, 0.1) is 0 Å². The molecule has 0 atom stereocenters. The van der Waals surface area contributed by atoms with Crippen LogP contribution >= 0.6 is 0 Å². The van der Waals surface area contributed by atoms with Gasteiger partial charge in [-0.25, -0.2) is 9.98 Å². The Bertz CT molecular complexity index is 709. The molecular weight excluding hydrogens is 272 g/mol. The lowest BCUT2D eigenvalue weighted by atomic mass is 10.0. The van der Waals surface area contributed by atoms with E-state index in [1.165, 1.54) is 0 Å². The topological polar surface area (TPSA) is 34.5 Å². The summed E-state index contributed by atoms with van der Waals surface area (Å²) in [5, 5.41) is 0. The van der Waals surface area contributed by atoms with E-state index < -0.39 is 0 Å². The van der Waals surface area contributed by atoms with Crippen LogP contribution in [0.5, 0.6) is 5.75 Å². The number of nitrogens with zero attached hydrogens (tertiary/aromatic N) is 2. The molecule has 22 heavy (non-hydrogen) atoms. The van der Waals surface area contributed by atoms with Crippen LogP contribution in [0.25, 0.3) is 0 Å².